The molecule has 5 nitrogen and oxygen atoms in total. The van der Waals surface area contributed by atoms with Crippen molar-refractivity contribution in [3.8, 4) is 0 Å². The molecule has 20 heavy (non-hydrogen) atoms. The quantitative estimate of drug-likeness (QED) is 0.767. The molecule has 4 N–H and O–H groups in total. The van der Waals surface area contributed by atoms with Crippen molar-refractivity contribution < 1.29 is 9.59 Å². The summed E-state index contributed by atoms with van der Waals surface area (Å²) in [6.07, 6.45) is 1.44. The third-order valence-corrected chi connectivity index (χ3v) is 3.34. The first-order valence-corrected chi connectivity index (χ1v) is 6.75. The molecule has 0 aliphatic carbocycles. The van der Waals surface area contributed by atoms with E-state index < -0.39 is 5.54 Å². The minimum absolute atomic E-state index is 0.178. The number of anilines is 1. The van der Waals surface area contributed by atoms with E-state index in [1.54, 1.807) is 39.1 Å². The minimum atomic E-state index is -0.912. The van der Waals surface area contributed by atoms with Gasteiger partial charge in [0.2, 0.25) is 5.91 Å². The number of carbonyl (C=O) groups is 2. The topological polar surface area (TPSA) is 84.2 Å². The van der Waals surface area contributed by atoms with Crippen LogP contribution in [0.2, 0.25) is 0 Å². The molecule has 1 atom stereocenters. The van der Waals surface area contributed by atoms with Crippen molar-refractivity contribution in [2.75, 3.05) is 12.4 Å². The van der Waals surface area contributed by atoms with Crippen LogP contribution in [0.25, 0.3) is 0 Å². The van der Waals surface area contributed by atoms with E-state index in [1.165, 1.54) is 0 Å². The Hall–Kier alpha value is -1.88. The number of benzene rings is 1. The van der Waals surface area contributed by atoms with Crippen molar-refractivity contribution >= 4 is 17.5 Å². The molecule has 0 aromatic heterocycles. The van der Waals surface area contributed by atoms with Crippen molar-refractivity contribution in [3.05, 3.63) is 29.3 Å². The van der Waals surface area contributed by atoms with Crippen molar-refractivity contribution in [2.45, 2.75) is 39.2 Å². The van der Waals surface area contributed by atoms with E-state index in [4.69, 9.17) is 5.73 Å². The molecule has 0 bridgehead atoms. The molecule has 0 heterocycles. The molecule has 0 aliphatic heterocycles. The third kappa shape index (κ3) is 3.57. The molecule has 5 heteroatoms. The molecule has 0 radical (unpaired) electrons. The summed E-state index contributed by atoms with van der Waals surface area (Å²) >= 11 is 0. The molecule has 0 fully saturated rings. The molecule has 110 valence electrons. The van der Waals surface area contributed by atoms with E-state index in [0.717, 1.165) is 12.0 Å². The number of hydrogen-bond acceptors (Lipinski definition) is 3. The summed E-state index contributed by atoms with van der Waals surface area (Å²) < 4.78 is 0. The zero-order chi connectivity index (χ0) is 15.3. The van der Waals surface area contributed by atoms with E-state index >= 15 is 0 Å². The maximum atomic E-state index is 12.2. The second kappa shape index (κ2) is 6.52. The minimum Gasteiger partial charge on any atom is -0.355 e. The summed E-state index contributed by atoms with van der Waals surface area (Å²) in [4.78, 5) is 23.9. The molecule has 0 saturated carbocycles. The van der Waals surface area contributed by atoms with Gasteiger partial charge in [0.05, 0.1) is 5.54 Å². The average molecular weight is 277 g/mol. The molecule has 0 aliphatic rings. The van der Waals surface area contributed by atoms with Crippen LogP contribution >= 0.6 is 0 Å². The fraction of sp³-hybridized carbons (Fsp3) is 0.467. The molecule has 1 rings (SSSR count). The van der Waals surface area contributed by atoms with Crippen LogP contribution < -0.4 is 16.4 Å². The normalized spacial score (nSPS) is 13.4. The molecule has 0 spiro atoms. The fourth-order valence-corrected chi connectivity index (χ4v) is 2.05. The van der Waals surface area contributed by atoms with Gasteiger partial charge < -0.3 is 16.4 Å². The summed E-state index contributed by atoms with van der Waals surface area (Å²) in [5, 5.41) is 5.39. The van der Waals surface area contributed by atoms with Crippen LogP contribution in [0.3, 0.4) is 0 Å². The third-order valence-electron chi connectivity index (χ3n) is 3.34. The van der Waals surface area contributed by atoms with E-state index in [0.29, 0.717) is 17.7 Å². The van der Waals surface area contributed by atoms with Crippen LogP contribution in [-0.4, -0.2) is 24.4 Å². The molecular weight excluding hydrogens is 254 g/mol. The van der Waals surface area contributed by atoms with Gasteiger partial charge in [0.1, 0.15) is 0 Å². The SMILES string of the molecule is CCCC(C)(N)C(=O)Nc1cccc(C(=O)NC)c1C. The Morgan fingerprint density at radius 2 is 2.00 bits per heavy atom. The number of rotatable bonds is 5. The number of nitrogens with one attached hydrogen (secondary N) is 2. The lowest BCUT2D eigenvalue weighted by Gasteiger charge is -2.23. The Bertz CT molecular complexity index is 510. The monoisotopic (exact) mass is 277 g/mol. The van der Waals surface area contributed by atoms with Gasteiger partial charge in [0.15, 0.2) is 0 Å². The lowest BCUT2D eigenvalue weighted by Crippen LogP contribution is -2.48. The molecule has 1 aromatic rings. The van der Waals surface area contributed by atoms with Gasteiger partial charge in [-0.3, -0.25) is 9.59 Å². The Kier molecular flexibility index (Phi) is 5.27. The molecule has 2 amide bonds. The highest BCUT2D eigenvalue weighted by atomic mass is 16.2. The highest BCUT2D eigenvalue weighted by Gasteiger charge is 2.27. The Balaban J connectivity index is 2.99. The number of carbonyl (C=O) groups excluding carboxylic acids is 2. The van der Waals surface area contributed by atoms with Crippen molar-refractivity contribution in [2.24, 2.45) is 5.73 Å². The Morgan fingerprint density at radius 1 is 1.35 bits per heavy atom. The first-order valence-electron chi connectivity index (χ1n) is 6.75. The van der Waals surface area contributed by atoms with Gasteiger partial charge in [0, 0.05) is 18.3 Å². The van der Waals surface area contributed by atoms with Gasteiger partial charge in [-0.15, -0.1) is 0 Å². The second-order valence-electron chi connectivity index (χ2n) is 5.18. The number of hydrogen-bond donors (Lipinski definition) is 3. The number of amides is 2. The van der Waals surface area contributed by atoms with Gasteiger partial charge >= 0.3 is 0 Å². The lowest BCUT2D eigenvalue weighted by atomic mass is 9.96. The van der Waals surface area contributed by atoms with Crippen LogP contribution in [0.1, 0.15) is 42.6 Å². The van der Waals surface area contributed by atoms with E-state index in [-0.39, 0.29) is 11.8 Å². The van der Waals surface area contributed by atoms with E-state index in [2.05, 4.69) is 10.6 Å². The predicted molar refractivity (Wildman–Crippen MR) is 80.7 cm³/mol. The maximum absolute atomic E-state index is 12.2. The Morgan fingerprint density at radius 3 is 2.55 bits per heavy atom. The van der Waals surface area contributed by atoms with E-state index in [9.17, 15) is 9.59 Å². The zero-order valence-electron chi connectivity index (χ0n) is 12.5. The van der Waals surface area contributed by atoms with Gasteiger partial charge in [0.25, 0.3) is 5.91 Å². The zero-order valence-corrected chi connectivity index (χ0v) is 12.5. The maximum Gasteiger partial charge on any atom is 0.251 e. The van der Waals surface area contributed by atoms with Gasteiger partial charge in [-0.2, -0.15) is 0 Å². The highest BCUT2D eigenvalue weighted by molar-refractivity contribution is 6.01. The first-order chi connectivity index (χ1) is 9.33. The standard InChI is InChI=1S/C15H23N3O2/c1-5-9-15(3,16)14(20)18-12-8-6-7-11(10(12)2)13(19)17-4/h6-8H,5,9,16H2,1-4H3,(H,17,19)(H,18,20). The van der Waals surface area contributed by atoms with E-state index in [1.807, 2.05) is 6.92 Å². The lowest BCUT2D eigenvalue weighted by molar-refractivity contribution is -0.120. The summed E-state index contributed by atoms with van der Waals surface area (Å²) in [7, 11) is 1.57. The van der Waals surface area contributed by atoms with Crippen molar-refractivity contribution in [1.82, 2.24) is 5.32 Å². The number of nitrogens with two attached hydrogens (primary N) is 1. The smallest absolute Gasteiger partial charge is 0.251 e. The van der Waals surface area contributed by atoms with Crippen molar-refractivity contribution in [1.29, 1.82) is 0 Å². The molecule has 0 saturated heterocycles. The largest absolute Gasteiger partial charge is 0.355 e. The molecule has 1 aromatic carbocycles. The highest BCUT2D eigenvalue weighted by Crippen LogP contribution is 2.21. The fourth-order valence-electron chi connectivity index (χ4n) is 2.05. The Labute approximate surface area is 119 Å². The molecular formula is C15H23N3O2. The molecule has 1 unspecified atom stereocenters. The van der Waals surface area contributed by atoms with Crippen LogP contribution in [0.4, 0.5) is 5.69 Å². The van der Waals surface area contributed by atoms with Gasteiger partial charge in [-0.1, -0.05) is 19.4 Å². The van der Waals surface area contributed by atoms with Crippen LogP contribution in [0, 0.1) is 6.92 Å². The van der Waals surface area contributed by atoms with Crippen LogP contribution in [-0.2, 0) is 4.79 Å². The summed E-state index contributed by atoms with van der Waals surface area (Å²) in [5.74, 6) is -0.417. The van der Waals surface area contributed by atoms with Crippen LogP contribution in [0.15, 0.2) is 18.2 Å². The summed E-state index contributed by atoms with van der Waals surface area (Å²) in [5.41, 5.74) is 6.97. The second-order valence-corrected chi connectivity index (χ2v) is 5.18. The first kappa shape index (κ1) is 16.2. The average Bonchev–Trinajstić information content (AvgIpc) is 2.40. The summed E-state index contributed by atoms with van der Waals surface area (Å²) in [6, 6.07) is 5.22. The van der Waals surface area contributed by atoms with Crippen LogP contribution in [0.5, 0.6) is 0 Å². The summed E-state index contributed by atoms with van der Waals surface area (Å²) in [6.45, 7) is 5.49. The van der Waals surface area contributed by atoms with Gasteiger partial charge in [-0.05, 0) is 38.0 Å². The van der Waals surface area contributed by atoms with Crippen molar-refractivity contribution in [3.63, 3.8) is 0 Å². The predicted octanol–water partition coefficient (Wildman–Crippen LogP) is 1.81. The van der Waals surface area contributed by atoms with Gasteiger partial charge in [-0.25, -0.2) is 0 Å².